The third kappa shape index (κ3) is 6.29. The second-order valence-corrected chi connectivity index (χ2v) is 7.62. The number of hydrogen-bond acceptors (Lipinski definition) is 2. The monoisotopic (exact) mass is 450 g/mol. The van der Waals surface area contributed by atoms with Crippen molar-refractivity contribution >= 4 is 27.7 Å². The molecule has 0 radical (unpaired) electrons. The van der Waals surface area contributed by atoms with Crippen LogP contribution in [0.4, 0.5) is 0 Å². The second kappa shape index (κ2) is 10.6. The Morgan fingerprint density at radius 2 is 1.41 bits per heavy atom. The van der Waals surface area contributed by atoms with E-state index in [2.05, 4.69) is 50.8 Å². The summed E-state index contributed by atoms with van der Waals surface area (Å²) in [5.74, 6) is -0.268. The van der Waals surface area contributed by atoms with Crippen molar-refractivity contribution in [2.24, 2.45) is 0 Å². The number of nitrogens with one attached hydrogen (secondary N) is 2. The number of benzene rings is 3. The summed E-state index contributed by atoms with van der Waals surface area (Å²) in [4.78, 5) is 24.3. The average Bonchev–Trinajstić information content (AvgIpc) is 2.76. The Hall–Kier alpha value is -2.92. The van der Waals surface area contributed by atoms with Gasteiger partial charge in [0.25, 0.3) is 5.91 Å². The lowest BCUT2D eigenvalue weighted by molar-refractivity contribution is -0.120. The van der Waals surface area contributed by atoms with Crippen molar-refractivity contribution in [3.05, 3.63) is 106 Å². The molecular weight excluding hydrogens is 428 g/mol. The molecule has 3 aromatic carbocycles. The molecule has 148 valence electrons. The van der Waals surface area contributed by atoms with E-state index in [1.54, 1.807) is 18.2 Å². The SMILES string of the molecule is O=C(CNC(=O)c1cccc(Br)c1)NCCC(c1ccccc1)c1ccccc1. The fourth-order valence-corrected chi connectivity index (χ4v) is 3.61. The van der Waals surface area contributed by atoms with Crippen LogP contribution in [0.15, 0.2) is 89.4 Å². The molecule has 0 heterocycles. The van der Waals surface area contributed by atoms with E-state index in [-0.39, 0.29) is 24.3 Å². The molecule has 0 aliphatic heterocycles. The molecule has 2 N–H and O–H groups in total. The van der Waals surface area contributed by atoms with Crippen molar-refractivity contribution in [1.82, 2.24) is 10.6 Å². The molecule has 0 aliphatic carbocycles. The van der Waals surface area contributed by atoms with Crippen LogP contribution in [0.1, 0.15) is 33.8 Å². The summed E-state index contributed by atoms with van der Waals surface area (Å²) in [6.45, 7) is 0.479. The first-order chi connectivity index (χ1) is 14.1. The van der Waals surface area contributed by atoms with E-state index >= 15 is 0 Å². The highest BCUT2D eigenvalue weighted by atomic mass is 79.9. The van der Waals surface area contributed by atoms with Crippen LogP contribution < -0.4 is 10.6 Å². The van der Waals surface area contributed by atoms with E-state index in [1.807, 2.05) is 42.5 Å². The Morgan fingerprint density at radius 3 is 2.00 bits per heavy atom. The van der Waals surface area contributed by atoms with Crippen molar-refractivity contribution < 1.29 is 9.59 Å². The van der Waals surface area contributed by atoms with Gasteiger partial charge in [0, 0.05) is 22.5 Å². The quantitative estimate of drug-likeness (QED) is 0.529. The average molecular weight is 451 g/mol. The lowest BCUT2D eigenvalue weighted by Crippen LogP contribution is -2.37. The number of hydrogen-bond donors (Lipinski definition) is 2. The normalized spacial score (nSPS) is 10.6. The highest BCUT2D eigenvalue weighted by molar-refractivity contribution is 9.10. The summed E-state index contributed by atoms with van der Waals surface area (Å²) in [7, 11) is 0. The minimum Gasteiger partial charge on any atom is -0.355 e. The topological polar surface area (TPSA) is 58.2 Å². The standard InChI is InChI=1S/C24H23BrN2O2/c25-21-13-7-12-20(16-21)24(29)27-17-23(28)26-15-14-22(18-8-3-1-4-9-18)19-10-5-2-6-11-19/h1-13,16,22H,14-15,17H2,(H,26,28)(H,27,29). The molecule has 0 unspecified atom stereocenters. The molecule has 0 atom stereocenters. The van der Waals surface area contributed by atoms with Gasteiger partial charge in [-0.05, 0) is 35.7 Å². The van der Waals surface area contributed by atoms with E-state index in [1.165, 1.54) is 11.1 Å². The first-order valence-electron chi connectivity index (χ1n) is 9.54. The highest BCUT2D eigenvalue weighted by Gasteiger charge is 2.14. The van der Waals surface area contributed by atoms with E-state index in [0.29, 0.717) is 12.1 Å². The minimum atomic E-state index is -0.270. The van der Waals surface area contributed by atoms with Crippen LogP contribution in [0.25, 0.3) is 0 Å². The maximum Gasteiger partial charge on any atom is 0.251 e. The van der Waals surface area contributed by atoms with Gasteiger partial charge in [0.2, 0.25) is 5.91 Å². The van der Waals surface area contributed by atoms with Crippen LogP contribution in [0.5, 0.6) is 0 Å². The third-order valence-electron chi connectivity index (χ3n) is 4.66. The highest BCUT2D eigenvalue weighted by Crippen LogP contribution is 2.27. The first kappa shape index (κ1) is 20.8. The smallest absolute Gasteiger partial charge is 0.251 e. The number of amides is 2. The Morgan fingerprint density at radius 1 is 0.793 bits per heavy atom. The van der Waals surface area contributed by atoms with Crippen LogP contribution >= 0.6 is 15.9 Å². The van der Waals surface area contributed by atoms with Crippen LogP contribution in [0.3, 0.4) is 0 Å². The summed E-state index contributed by atoms with van der Waals surface area (Å²) < 4.78 is 0.822. The maximum absolute atomic E-state index is 12.2. The van der Waals surface area contributed by atoms with Gasteiger partial charge in [-0.1, -0.05) is 82.7 Å². The zero-order valence-corrected chi connectivity index (χ0v) is 17.6. The van der Waals surface area contributed by atoms with Crippen molar-refractivity contribution in [1.29, 1.82) is 0 Å². The lowest BCUT2D eigenvalue weighted by Gasteiger charge is -2.18. The van der Waals surface area contributed by atoms with Crippen LogP contribution in [-0.4, -0.2) is 24.9 Å². The number of carbonyl (C=O) groups is 2. The summed E-state index contributed by atoms with van der Waals surface area (Å²) in [6.07, 6.45) is 0.777. The van der Waals surface area contributed by atoms with Crippen molar-refractivity contribution in [3.63, 3.8) is 0 Å². The third-order valence-corrected chi connectivity index (χ3v) is 5.15. The maximum atomic E-state index is 12.2. The molecule has 0 fully saturated rings. The molecule has 0 saturated carbocycles. The van der Waals surface area contributed by atoms with Gasteiger partial charge >= 0.3 is 0 Å². The molecule has 0 aromatic heterocycles. The molecule has 0 spiro atoms. The number of carbonyl (C=O) groups excluding carboxylic acids is 2. The van der Waals surface area contributed by atoms with Gasteiger partial charge in [-0.25, -0.2) is 0 Å². The van der Waals surface area contributed by atoms with Gasteiger partial charge in [-0.2, -0.15) is 0 Å². The van der Waals surface area contributed by atoms with Gasteiger partial charge < -0.3 is 10.6 Å². The summed E-state index contributed by atoms with van der Waals surface area (Å²) >= 11 is 3.34. The van der Waals surface area contributed by atoms with E-state index in [9.17, 15) is 9.59 Å². The molecule has 5 heteroatoms. The minimum absolute atomic E-state index is 0.0489. The molecule has 3 aromatic rings. The van der Waals surface area contributed by atoms with Crippen molar-refractivity contribution in [3.8, 4) is 0 Å². The Kier molecular flexibility index (Phi) is 7.59. The van der Waals surface area contributed by atoms with Gasteiger partial charge in [-0.3, -0.25) is 9.59 Å². The zero-order chi connectivity index (χ0) is 20.5. The largest absolute Gasteiger partial charge is 0.355 e. The molecule has 0 saturated heterocycles. The Balaban J connectivity index is 1.51. The molecule has 0 bridgehead atoms. The fraction of sp³-hybridized carbons (Fsp3) is 0.167. The molecular formula is C24H23BrN2O2. The molecule has 29 heavy (non-hydrogen) atoms. The van der Waals surface area contributed by atoms with E-state index in [4.69, 9.17) is 0 Å². The number of rotatable bonds is 8. The fourth-order valence-electron chi connectivity index (χ4n) is 3.21. The predicted molar refractivity (Wildman–Crippen MR) is 119 cm³/mol. The summed E-state index contributed by atoms with van der Waals surface area (Å²) in [5.41, 5.74) is 2.95. The predicted octanol–water partition coefficient (Wildman–Crippen LogP) is 4.52. The van der Waals surface area contributed by atoms with Gasteiger partial charge in [0.15, 0.2) is 0 Å². The Bertz CT molecular complexity index is 906. The van der Waals surface area contributed by atoms with Gasteiger partial charge in [-0.15, -0.1) is 0 Å². The van der Waals surface area contributed by atoms with Crippen LogP contribution in [-0.2, 0) is 4.79 Å². The van der Waals surface area contributed by atoms with Crippen molar-refractivity contribution in [2.45, 2.75) is 12.3 Å². The number of halogens is 1. The van der Waals surface area contributed by atoms with Gasteiger partial charge in [0.1, 0.15) is 0 Å². The molecule has 0 aliphatic rings. The van der Waals surface area contributed by atoms with Crippen molar-refractivity contribution in [2.75, 3.05) is 13.1 Å². The summed E-state index contributed by atoms with van der Waals surface area (Å²) in [5, 5.41) is 5.56. The zero-order valence-electron chi connectivity index (χ0n) is 16.0. The molecule has 4 nitrogen and oxygen atoms in total. The first-order valence-corrected chi connectivity index (χ1v) is 10.3. The van der Waals surface area contributed by atoms with Crippen LogP contribution in [0, 0.1) is 0 Å². The summed E-state index contributed by atoms with van der Waals surface area (Å²) in [6, 6.07) is 27.6. The molecule has 3 rings (SSSR count). The lowest BCUT2D eigenvalue weighted by atomic mass is 9.88. The molecule has 2 amide bonds. The second-order valence-electron chi connectivity index (χ2n) is 6.71. The Labute approximate surface area is 179 Å². The van der Waals surface area contributed by atoms with Crippen LogP contribution in [0.2, 0.25) is 0 Å². The van der Waals surface area contributed by atoms with E-state index in [0.717, 1.165) is 10.9 Å². The van der Waals surface area contributed by atoms with E-state index < -0.39 is 0 Å². The van der Waals surface area contributed by atoms with Gasteiger partial charge in [0.05, 0.1) is 6.54 Å².